The molecule has 2 aliphatic heterocycles. The van der Waals surface area contributed by atoms with E-state index in [-0.39, 0.29) is 16.9 Å². The highest BCUT2D eigenvalue weighted by atomic mass is 16.5. The number of carbonyl (C=O) groups excluding carboxylic acids is 1. The van der Waals surface area contributed by atoms with Gasteiger partial charge in [0.2, 0.25) is 5.91 Å². The fourth-order valence-electron chi connectivity index (χ4n) is 5.07. The number of likely N-dealkylation sites (tertiary alicyclic amines) is 1. The molecule has 4 heteroatoms. The van der Waals surface area contributed by atoms with Gasteiger partial charge < -0.3 is 10.1 Å². The second-order valence-electron chi connectivity index (χ2n) is 8.37. The van der Waals surface area contributed by atoms with E-state index >= 15 is 0 Å². The van der Waals surface area contributed by atoms with Crippen LogP contribution in [0.2, 0.25) is 0 Å². The van der Waals surface area contributed by atoms with Gasteiger partial charge in [-0.3, -0.25) is 9.69 Å². The van der Waals surface area contributed by atoms with Gasteiger partial charge in [-0.15, -0.1) is 0 Å². The number of nitrogens with zero attached hydrogens (tertiary/aromatic N) is 1. The second kappa shape index (κ2) is 7.69. The Morgan fingerprint density at radius 1 is 0.962 bits per heavy atom. The van der Waals surface area contributed by atoms with Crippen molar-refractivity contribution < 1.29 is 9.53 Å². The zero-order chi connectivity index (χ0) is 17.9. The van der Waals surface area contributed by atoms with E-state index in [0.29, 0.717) is 0 Å². The van der Waals surface area contributed by atoms with Gasteiger partial charge in [0.25, 0.3) is 0 Å². The number of carbonyl (C=O) groups is 1. The first kappa shape index (κ1) is 18.0. The number of benzene rings is 1. The van der Waals surface area contributed by atoms with Crippen molar-refractivity contribution in [1.29, 1.82) is 0 Å². The molecule has 1 N–H and O–H groups in total. The van der Waals surface area contributed by atoms with E-state index in [2.05, 4.69) is 34.5 Å². The Kier molecular flexibility index (Phi) is 5.32. The fraction of sp³-hybridized carbons (Fsp3) is 0.682. The summed E-state index contributed by atoms with van der Waals surface area (Å²) in [4.78, 5) is 15.9. The molecular formula is C22H32N2O2. The molecule has 0 aromatic heterocycles. The van der Waals surface area contributed by atoms with Gasteiger partial charge in [-0.25, -0.2) is 0 Å². The number of nitrogens with one attached hydrogen (secondary N) is 1. The molecule has 4 rings (SSSR count). The first-order valence-electron chi connectivity index (χ1n) is 10.4. The molecule has 142 valence electrons. The molecule has 0 spiro atoms. The first-order valence-corrected chi connectivity index (χ1v) is 10.4. The summed E-state index contributed by atoms with van der Waals surface area (Å²) in [6.45, 7) is 4.73. The quantitative estimate of drug-likeness (QED) is 0.880. The minimum atomic E-state index is -0.296. The smallest absolute Gasteiger partial charge is 0.230 e. The van der Waals surface area contributed by atoms with E-state index in [0.717, 1.165) is 51.9 Å². The lowest BCUT2D eigenvalue weighted by Crippen LogP contribution is -2.61. The third kappa shape index (κ3) is 3.29. The molecule has 1 aromatic rings. The van der Waals surface area contributed by atoms with Crippen LogP contribution in [-0.2, 0) is 14.9 Å². The predicted molar refractivity (Wildman–Crippen MR) is 103 cm³/mol. The lowest BCUT2D eigenvalue weighted by atomic mass is 9.63. The first-order chi connectivity index (χ1) is 12.8. The zero-order valence-electron chi connectivity index (χ0n) is 15.8. The molecular weight excluding hydrogens is 324 g/mol. The highest BCUT2D eigenvalue weighted by molar-refractivity contribution is 5.89. The maximum atomic E-state index is 13.3. The van der Waals surface area contributed by atoms with E-state index in [4.69, 9.17) is 4.74 Å². The molecule has 1 saturated carbocycles. The van der Waals surface area contributed by atoms with Crippen LogP contribution in [0.5, 0.6) is 0 Å². The minimum absolute atomic E-state index is 0.0932. The van der Waals surface area contributed by atoms with Gasteiger partial charge in [-0.2, -0.15) is 0 Å². The Hall–Kier alpha value is -1.39. The van der Waals surface area contributed by atoms with Crippen LogP contribution in [0.15, 0.2) is 30.3 Å². The van der Waals surface area contributed by atoms with Gasteiger partial charge in [0.1, 0.15) is 0 Å². The van der Waals surface area contributed by atoms with E-state index in [1.807, 2.05) is 6.07 Å². The van der Waals surface area contributed by atoms with Crippen LogP contribution in [0, 0.1) is 0 Å². The highest BCUT2D eigenvalue weighted by Gasteiger charge is 2.47. The Morgan fingerprint density at radius 2 is 1.65 bits per heavy atom. The van der Waals surface area contributed by atoms with Crippen molar-refractivity contribution in [2.45, 2.75) is 62.3 Å². The van der Waals surface area contributed by atoms with E-state index in [1.54, 1.807) is 0 Å². The molecule has 0 atom stereocenters. The standard InChI is InChI=1S/C22H32N2O2/c25-20(22(10-7-11-22)19-8-3-1-4-9-19)23-18-21(12-16-26-17-13-21)24-14-5-2-6-15-24/h1,3-4,8-9H,2,5-7,10-18H2,(H,23,25). The van der Waals surface area contributed by atoms with Gasteiger partial charge in [0.15, 0.2) is 0 Å². The van der Waals surface area contributed by atoms with Crippen LogP contribution in [-0.4, -0.2) is 49.2 Å². The van der Waals surface area contributed by atoms with Crippen molar-refractivity contribution >= 4 is 5.91 Å². The fourth-order valence-corrected chi connectivity index (χ4v) is 5.07. The highest BCUT2D eigenvalue weighted by Crippen LogP contribution is 2.44. The van der Waals surface area contributed by atoms with Crippen molar-refractivity contribution in [2.24, 2.45) is 0 Å². The second-order valence-corrected chi connectivity index (χ2v) is 8.37. The van der Waals surface area contributed by atoms with Crippen LogP contribution < -0.4 is 5.32 Å². The Balaban J connectivity index is 1.47. The molecule has 2 saturated heterocycles. The maximum Gasteiger partial charge on any atom is 0.230 e. The van der Waals surface area contributed by atoms with Crippen molar-refractivity contribution in [2.75, 3.05) is 32.8 Å². The van der Waals surface area contributed by atoms with E-state index in [1.165, 1.54) is 37.9 Å². The largest absolute Gasteiger partial charge is 0.381 e. The number of hydrogen-bond donors (Lipinski definition) is 1. The van der Waals surface area contributed by atoms with Crippen molar-refractivity contribution in [3.8, 4) is 0 Å². The van der Waals surface area contributed by atoms with Crippen LogP contribution in [0.3, 0.4) is 0 Å². The molecule has 1 aliphatic carbocycles. The van der Waals surface area contributed by atoms with E-state index < -0.39 is 0 Å². The molecule has 26 heavy (non-hydrogen) atoms. The van der Waals surface area contributed by atoms with Crippen LogP contribution in [0.25, 0.3) is 0 Å². The normalized spacial score (nSPS) is 25.2. The summed E-state index contributed by atoms with van der Waals surface area (Å²) in [5.41, 5.74) is 0.980. The average Bonchev–Trinajstić information content (AvgIpc) is 2.68. The molecule has 2 heterocycles. The van der Waals surface area contributed by atoms with Gasteiger partial charge in [0, 0.05) is 25.3 Å². The Bertz CT molecular complexity index is 600. The van der Waals surface area contributed by atoms with Crippen molar-refractivity contribution in [3.05, 3.63) is 35.9 Å². The Morgan fingerprint density at radius 3 is 2.27 bits per heavy atom. The Labute approximate surface area is 157 Å². The van der Waals surface area contributed by atoms with Gasteiger partial charge in [-0.1, -0.05) is 43.2 Å². The SMILES string of the molecule is O=C(NCC1(N2CCCCC2)CCOCC1)C1(c2ccccc2)CCC1. The minimum Gasteiger partial charge on any atom is -0.381 e. The lowest BCUT2D eigenvalue weighted by molar-refractivity contribution is -0.131. The van der Waals surface area contributed by atoms with Gasteiger partial charge in [-0.05, 0) is 57.2 Å². The third-order valence-corrected chi connectivity index (χ3v) is 7.00. The van der Waals surface area contributed by atoms with Crippen molar-refractivity contribution in [3.63, 3.8) is 0 Å². The summed E-state index contributed by atoms with van der Waals surface area (Å²) in [5, 5.41) is 3.40. The number of rotatable bonds is 5. The molecule has 1 aromatic carbocycles. The third-order valence-electron chi connectivity index (χ3n) is 7.00. The average molecular weight is 357 g/mol. The summed E-state index contributed by atoms with van der Waals surface area (Å²) < 4.78 is 5.65. The molecule has 0 radical (unpaired) electrons. The number of hydrogen-bond acceptors (Lipinski definition) is 3. The molecule has 3 fully saturated rings. The van der Waals surface area contributed by atoms with E-state index in [9.17, 15) is 4.79 Å². The lowest BCUT2D eigenvalue weighted by Gasteiger charge is -2.49. The van der Waals surface area contributed by atoms with Crippen LogP contribution >= 0.6 is 0 Å². The van der Waals surface area contributed by atoms with Crippen LogP contribution in [0.4, 0.5) is 0 Å². The molecule has 3 aliphatic rings. The van der Waals surface area contributed by atoms with Crippen molar-refractivity contribution in [1.82, 2.24) is 10.2 Å². The number of piperidine rings is 1. The molecule has 1 amide bonds. The zero-order valence-corrected chi connectivity index (χ0v) is 15.8. The summed E-state index contributed by atoms with van der Waals surface area (Å²) >= 11 is 0. The summed E-state index contributed by atoms with van der Waals surface area (Å²) in [6, 6.07) is 10.4. The molecule has 0 unspecified atom stereocenters. The summed E-state index contributed by atoms with van der Waals surface area (Å²) in [7, 11) is 0. The molecule has 0 bridgehead atoms. The topological polar surface area (TPSA) is 41.6 Å². The predicted octanol–water partition coefficient (Wildman–Crippen LogP) is 3.26. The summed E-state index contributed by atoms with van der Waals surface area (Å²) in [6.07, 6.45) is 9.07. The van der Waals surface area contributed by atoms with Gasteiger partial charge in [0.05, 0.1) is 5.41 Å². The number of amides is 1. The summed E-state index contributed by atoms with van der Waals surface area (Å²) in [5.74, 6) is 0.234. The van der Waals surface area contributed by atoms with Gasteiger partial charge >= 0.3 is 0 Å². The number of ether oxygens (including phenoxy) is 1. The molecule has 4 nitrogen and oxygen atoms in total. The van der Waals surface area contributed by atoms with Crippen LogP contribution in [0.1, 0.15) is 56.9 Å². The maximum absolute atomic E-state index is 13.3. The monoisotopic (exact) mass is 356 g/mol.